The topological polar surface area (TPSA) is 39.2 Å². The van der Waals surface area contributed by atoms with Crippen molar-refractivity contribution in [3.05, 3.63) is 48.3 Å². The summed E-state index contributed by atoms with van der Waals surface area (Å²) in [5.41, 5.74) is 2.78. The molecule has 3 heteroatoms. The molecule has 0 radical (unpaired) electrons. The van der Waals surface area contributed by atoms with Gasteiger partial charge >= 0.3 is 0 Å². The standard InChI is InChI=1S/C17H19NO2/c1-3-9-20-16-10-15(11-18-12-16)13-5-7-14(8-6-13)17(19)4-2/h5-8,10-12H,3-4,9H2,1-2H3. The van der Waals surface area contributed by atoms with Crippen molar-refractivity contribution in [1.82, 2.24) is 4.98 Å². The van der Waals surface area contributed by atoms with Gasteiger partial charge in [0.1, 0.15) is 5.75 Å². The summed E-state index contributed by atoms with van der Waals surface area (Å²) in [6.07, 6.45) is 5.02. The molecule has 20 heavy (non-hydrogen) atoms. The summed E-state index contributed by atoms with van der Waals surface area (Å²) >= 11 is 0. The van der Waals surface area contributed by atoms with Crippen LogP contribution in [-0.2, 0) is 0 Å². The molecule has 0 fully saturated rings. The molecule has 0 saturated heterocycles. The first-order valence-electron chi connectivity index (χ1n) is 6.96. The van der Waals surface area contributed by atoms with Crippen LogP contribution in [0.5, 0.6) is 5.75 Å². The van der Waals surface area contributed by atoms with Crippen molar-refractivity contribution < 1.29 is 9.53 Å². The molecule has 0 aliphatic rings. The van der Waals surface area contributed by atoms with Crippen LogP contribution in [0.25, 0.3) is 11.1 Å². The fraction of sp³-hybridized carbons (Fsp3) is 0.294. The molecule has 2 rings (SSSR count). The van der Waals surface area contributed by atoms with Gasteiger partial charge in [0.25, 0.3) is 0 Å². The highest BCUT2D eigenvalue weighted by Gasteiger charge is 2.05. The summed E-state index contributed by atoms with van der Waals surface area (Å²) in [6.45, 7) is 4.63. The molecular formula is C17H19NO2. The first kappa shape index (κ1) is 14.3. The van der Waals surface area contributed by atoms with E-state index >= 15 is 0 Å². The Balaban J connectivity index is 2.20. The van der Waals surface area contributed by atoms with Gasteiger partial charge in [0, 0.05) is 23.7 Å². The molecule has 0 saturated carbocycles. The van der Waals surface area contributed by atoms with Crippen LogP contribution in [0.4, 0.5) is 0 Å². The second kappa shape index (κ2) is 6.85. The number of hydrogen-bond acceptors (Lipinski definition) is 3. The maximum absolute atomic E-state index is 11.6. The van der Waals surface area contributed by atoms with Crippen molar-refractivity contribution in [2.24, 2.45) is 0 Å². The van der Waals surface area contributed by atoms with Crippen molar-refractivity contribution in [1.29, 1.82) is 0 Å². The molecular weight excluding hydrogens is 250 g/mol. The molecule has 0 bridgehead atoms. The summed E-state index contributed by atoms with van der Waals surface area (Å²) in [5, 5.41) is 0. The van der Waals surface area contributed by atoms with E-state index in [0.29, 0.717) is 13.0 Å². The largest absolute Gasteiger partial charge is 0.492 e. The molecule has 0 aliphatic carbocycles. The van der Waals surface area contributed by atoms with E-state index in [0.717, 1.165) is 28.9 Å². The van der Waals surface area contributed by atoms with Crippen molar-refractivity contribution >= 4 is 5.78 Å². The lowest BCUT2D eigenvalue weighted by atomic mass is 10.0. The second-order valence-corrected chi connectivity index (χ2v) is 4.61. The fourth-order valence-corrected chi connectivity index (χ4v) is 1.93. The number of hydrogen-bond donors (Lipinski definition) is 0. The lowest BCUT2D eigenvalue weighted by Crippen LogP contribution is -1.97. The van der Waals surface area contributed by atoms with Crippen molar-refractivity contribution in [3.63, 3.8) is 0 Å². The van der Waals surface area contributed by atoms with Gasteiger partial charge < -0.3 is 4.74 Å². The van der Waals surface area contributed by atoms with E-state index in [1.54, 1.807) is 12.4 Å². The molecule has 0 amide bonds. The minimum absolute atomic E-state index is 0.162. The summed E-state index contributed by atoms with van der Waals surface area (Å²) in [4.78, 5) is 15.8. The van der Waals surface area contributed by atoms with E-state index in [2.05, 4.69) is 11.9 Å². The van der Waals surface area contributed by atoms with Crippen LogP contribution in [0, 0.1) is 0 Å². The molecule has 104 valence electrons. The number of ether oxygens (including phenoxy) is 1. The minimum Gasteiger partial charge on any atom is -0.492 e. The highest BCUT2D eigenvalue weighted by molar-refractivity contribution is 5.96. The zero-order valence-corrected chi connectivity index (χ0v) is 11.9. The monoisotopic (exact) mass is 269 g/mol. The number of Topliss-reactive ketones (excluding diaryl/α,β-unsaturated/α-hetero) is 1. The minimum atomic E-state index is 0.162. The Kier molecular flexibility index (Phi) is 4.88. The average molecular weight is 269 g/mol. The molecule has 0 atom stereocenters. The quantitative estimate of drug-likeness (QED) is 0.740. The molecule has 2 aromatic rings. The fourth-order valence-electron chi connectivity index (χ4n) is 1.93. The van der Waals surface area contributed by atoms with E-state index < -0.39 is 0 Å². The van der Waals surface area contributed by atoms with Gasteiger partial charge in [0.15, 0.2) is 5.78 Å². The highest BCUT2D eigenvalue weighted by atomic mass is 16.5. The van der Waals surface area contributed by atoms with Gasteiger partial charge in [-0.25, -0.2) is 0 Å². The Bertz CT molecular complexity index is 576. The Morgan fingerprint density at radius 3 is 2.50 bits per heavy atom. The average Bonchev–Trinajstić information content (AvgIpc) is 2.52. The molecule has 1 heterocycles. The number of nitrogens with zero attached hydrogens (tertiary/aromatic N) is 1. The van der Waals surface area contributed by atoms with Crippen LogP contribution in [-0.4, -0.2) is 17.4 Å². The van der Waals surface area contributed by atoms with Gasteiger partial charge in [-0.15, -0.1) is 0 Å². The summed E-state index contributed by atoms with van der Waals surface area (Å²) in [7, 11) is 0. The number of ketones is 1. The Hall–Kier alpha value is -2.16. The van der Waals surface area contributed by atoms with Gasteiger partial charge in [-0.3, -0.25) is 9.78 Å². The van der Waals surface area contributed by atoms with Crippen LogP contribution in [0.3, 0.4) is 0 Å². The molecule has 0 aliphatic heterocycles. The smallest absolute Gasteiger partial charge is 0.162 e. The predicted molar refractivity (Wildman–Crippen MR) is 80.1 cm³/mol. The Morgan fingerprint density at radius 1 is 1.10 bits per heavy atom. The summed E-state index contributed by atoms with van der Waals surface area (Å²) < 4.78 is 5.58. The zero-order valence-electron chi connectivity index (χ0n) is 11.9. The van der Waals surface area contributed by atoms with Crippen LogP contribution < -0.4 is 4.74 Å². The number of carbonyl (C=O) groups excluding carboxylic acids is 1. The van der Waals surface area contributed by atoms with E-state index in [1.807, 2.05) is 37.3 Å². The third kappa shape index (κ3) is 3.44. The van der Waals surface area contributed by atoms with Gasteiger partial charge in [0.05, 0.1) is 12.8 Å². The molecule has 0 spiro atoms. The van der Waals surface area contributed by atoms with Crippen LogP contribution in [0.1, 0.15) is 37.0 Å². The maximum Gasteiger partial charge on any atom is 0.162 e. The number of pyridine rings is 1. The molecule has 0 N–H and O–H groups in total. The normalized spacial score (nSPS) is 10.3. The van der Waals surface area contributed by atoms with Gasteiger partial charge in [-0.05, 0) is 18.1 Å². The van der Waals surface area contributed by atoms with E-state index in [9.17, 15) is 4.79 Å². The number of carbonyl (C=O) groups is 1. The van der Waals surface area contributed by atoms with E-state index in [4.69, 9.17) is 4.74 Å². The molecule has 3 nitrogen and oxygen atoms in total. The van der Waals surface area contributed by atoms with Crippen molar-refractivity contribution in [3.8, 4) is 16.9 Å². The number of aromatic nitrogens is 1. The Morgan fingerprint density at radius 2 is 1.85 bits per heavy atom. The predicted octanol–water partition coefficient (Wildman–Crippen LogP) is 4.13. The van der Waals surface area contributed by atoms with Crippen LogP contribution >= 0.6 is 0 Å². The molecule has 1 aromatic carbocycles. The van der Waals surface area contributed by atoms with Gasteiger partial charge in [-0.2, -0.15) is 0 Å². The van der Waals surface area contributed by atoms with Gasteiger partial charge in [-0.1, -0.05) is 38.1 Å². The summed E-state index contributed by atoms with van der Waals surface area (Å²) in [6, 6.07) is 9.59. The van der Waals surface area contributed by atoms with Gasteiger partial charge in [0.2, 0.25) is 0 Å². The SMILES string of the molecule is CCCOc1cncc(-c2ccc(C(=O)CC)cc2)c1. The summed E-state index contributed by atoms with van der Waals surface area (Å²) in [5.74, 6) is 0.938. The zero-order chi connectivity index (χ0) is 14.4. The number of benzene rings is 1. The third-order valence-corrected chi connectivity index (χ3v) is 3.05. The third-order valence-electron chi connectivity index (χ3n) is 3.05. The Labute approximate surface area is 119 Å². The first-order chi connectivity index (χ1) is 9.74. The van der Waals surface area contributed by atoms with Crippen molar-refractivity contribution in [2.45, 2.75) is 26.7 Å². The number of rotatable bonds is 6. The van der Waals surface area contributed by atoms with Crippen molar-refractivity contribution in [2.75, 3.05) is 6.61 Å². The lowest BCUT2D eigenvalue weighted by Gasteiger charge is -2.07. The van der Waals surface area contributed by atoms with E-state index in [-0.39, 0.29) is 5.78 Å². The highest BCUT2D eigenvalue weighted by Crippen LogP contribution is 2.23. The lowest BCUT2D eigenvalue weighted by molar-refractivity contribution is 0.0988. The van der Waals surface area contributed by atoms with Crippen LogP contribution in [0.15, 0.2) is 42.7 Å². The second-order valence-electron chi connectivity index (χ2n) is 4.61. The first-order valence-corrected chi connectivity index (χ1v) is 6.96. The molecule has 0 unspecified atom stereocenters. The molecule has 1 aromatic heterocycles. The maximum atomic E-state index is 11.6. The van der Waals surface area contributed by atoms with E-state index in [1.165, 1.54) is 0 Å². The van der Waals surface area contributed by atoms with Crippen LogP contribution in [0.2, 0.25) is 0 Å².